The number of unbranched alkanes of at least 4 members (excludes halogenated alkanes) is 22. The van der Waals surface area contributed by atoms with Crippen LogP contribution in [0.15, 0.2) is 24.8 Å². The molecule has 0 aliphatic carbocycles. The van der Waals surface area contributed by atoms with Crippen LogP contribution in [0.1, 0.15) is 202 Å². The molecule has 266 valence electrons. The van der Waals surface area contributed by atoms with E-state index in [2.05, 4.69) is 40.9 Å². The molecule has 0 amide bonds. The molecule has 0 aromatic carbocycles. The Kier molecular flexibility index (Phi) is 37.3. The molecule has 0 aromatic rings. The zero-order valence-corrected chi connectivity index (χ0v) is 31.1. The van der Waals surface area contributed by atoms with Crippen LogP contribution in [0.4, 0.5) is 0 Å². The Morgan fingerprint density at radius 3 is 1.02 bits per heavy atom. The second-order valence-corrected chi connectivity index (χ2v) is 14.1. The van der Waals surface area contributed by atoms with Crippen LogP contribution in [0.25, 0.3) is 0 Å². The van der Waals surface area contributed by atoms with Gasteiger partial charge in [0, 0.05) is 11.6 Å². The van der Waals surface area contributed by atoms with Gasteiger partial charge in [0.05, 0.1) is 13.2 Å². The number of carbonyl (C=O) groups is 2. The highest BCUT2D eigenvalue weighted by atomic mass is 16.5. The molecule has 0 radical (unpaired) electrons. The minimum absolute atomic E-state index is 0.255. The molecule has 0 saturated heterocycles. The predicted octanol–water partition coefficient (Wildman–Crippen LogP) is 13.3. The van der Waals surface area contributed by atoms with Gasteiger partial charge >= 0.3 is 11.9 Å². The molecule has 0 heterocycles. The summed E-state index contributed by atoms with van der Waals surface area (Å²) in [6.07, 6.45) is 36.0. The van der Waals surface area contributed by atoms with Gasteiger partial charge in [-0.05, 0) is 31.6 Å². The molecule has 0 aliphatic heterocycles. The molecule has 0 saturated carbocycles. The first-order valence-corrected chi connectivity index (χ1v) is 19.3. The molecule has 0 spiro atoms. The van der Waals surface area contributed by atoms with E-state index in [1.165, 1.54) is 160 Å². The van der Waals surface area contributed by atoms with E-state index in [-0.39, 0.29) is 11.9 Å². The monoisotopic (exact) mass is 635 g/mol. The SMILES string of the molecule is C=C(C)C(=O)OCCCCCCCCCCCCCCC(C)C.C=CC(=O)OCCCCCCCCCCCCCCC(C)C. The van der Waals surface area contributed by atoms with Gasteiger partial charge in [0.1, 0.15) is 0 Å². The maximum atomic E-state index is 11.2. The summed E-state index contributed by atoms with van der Waals surface area (Å²) < 4.78 is 10.0. The summed E-state index contributed by atoms with van der Waals surface area (Å²) >= 11 is 0. The molecule has 45 heavy (non-hydrogen) atoms. The van der Waals surface area contributed by atoms with E-state index in [0.29, 0.717) is 18.8 Å². The van der Waals surface area contributed by atoms with Crippen molar-refractivity contribution in [2.75, 3.05) is 13.2 Å². The first kappa shape index (κ1) is 45.5. The van der Waals surface area contributed by atoms with Gasteiger partial charge in [-0.2, -0.15) is 0 Å². The fourth-order valence-electron chi connectivity index (χ4n) is 5.36. The highest BCUT2D eigenvalue weighted by Crippen LogP contribution is 2.15. The normalized spacial score (nSPS) is 10.9. The number of rotatable bonds is 32. The third kappa shape index (κ3) is 42.4. The van der Waals surface area contributed by atoms with Crippen LogP contribution in [-0.4, -0.2) is 25.2 Å². The Hall–Kier alpha value is -1.58. The Labute approximate surface area is 282 Å². The predicted molar refractivity (Wildman–Crippen MR) is 197 cm³/mol. The minimum atomic E-state index is -0.302. The van der Waals surface area contributed by atoms with E-state index in [1.807, 2.05) is 0 Å². The van der Waals surface area contributed by atoms with Crippen molar-refractivity contribution in [1.29, 1.82) is 0 Å². The molecule has 0 unspecified atom stereocenters. The van der Waals surface area contributed by atoms with Crippen LogP contribution in [0, 0.1) is 11.8 Å². The van der Waals surface area contributed by atoms with Crippen molar-refractivity contribution < 1.29 is 19.1 Å². The molecule has 0 aromatic heterocycles. The first-order chi connectivity index (χ1) is 21.7. The van der Waals surface area contributed by atoms with Crippen LogP contribution in [0.5, 0.6) is 0 Å². The third-order valence-corrected chi connectivity index (χ3v) is 8.34. The summed E-state index contributed by atoms with van der Waals surface area (Å²) in [4.78, 5) is 22.0. The number of carbonyl (C=O) groups excluding carboxylic acids is 2. The van der Waals surface area contributed by atoms with E-state index in [9.17, 15) is 9.59 Å². The van der Waals surface area contributed by atoms with Crippen LogP contribution in [0.3, 0.4) is 0 Å². The van der Waals surface area contributed by atoms with Crippen molar-refractivity contribution in [3.63, 3.8) is 0 Å². The molecule has 0 rings (SSSR count). The van der Waals surface area contributed by atoms with E-state index in [1.54, 1.807) is 6.92 Å². The van der Waals surface area contributed by atoms with Gasteiger partial charge in [-0.15, -0.1) is 0 Å². The molecule has 0 bridgehead atoms. The van der Waals surface area contributed by atoms with Crippen LogP contribution in [0.2, 0.25) is 0 Å². The number of esters is 2. The smallest absolute Gasteiger partial charge is 0.333 e. The van der Waals surface area contributed by atoms with Gasteiger partial charge in [0.15, 0.2) is 0 Å². The van der Waals surface area contributed by atoms with Gasteiger partial charge in [-0.3, -0.25) is 0 Å². The van der Waals surface area contributed by atoms with Crippen molar-refractivity contribution in [3.8, 4) is 0 Å². The lowest BCUT2D eigenvalue weighted by Crippen LogP contribution is -2.05. The number of hydrogen-bond donors (Lipinski definition) is 0. The second-order valence-electron chi connectivity index (χ2n) is 14.1. The van der Waals surface area contributed by atoms with Crippen LogP contribution in [-0.2, 0) is 19.1 Å². The molecular weight excluding hydrogens is 556 g/mol. The summed E-state index contributed by atoms with van der Waals surface area (Å²) in [7, 11) is 0. The lowest BCUT2D eigenvalue weighted by atomic mass is 10.0. The summed E-state index contributed by atoms with van der Waals surface area (Å²) in [5, 5.41) is 0. The summed E-state index contributed by atoms with van der Waals surface area (Å²) in [6.45, 7) is 19.0. The fourth-order valence-corrected chi connectivity index (χ4v) is 5.36. The quantitative estimate of drug-likeness (QED) is 0.0420. The van der Waals surface area contributed by atoms with Gasteiger partial charge in [-0.25, -0.2) is 9.59 Å². The maximum absolute atomic E-state index is 11.2. The summed E-state index contributed by atoms with van der Waals surface area (Å²) in [5.74, 6) is 1.18. The van der Waals surface area contributed by atoms with Gasteiger partial charge in [0.2, 0.25) is 0 Å². The topological polar surface area (TPSA) is 52.6 Å². The van der Waals surface area contributed by atoms with Crippen LogP contribution >= 0.6 is 0 Å². The zero-order chi connectivity index (χ0) is 33.8. The zero-order valence-electron chi connectivity index (χ0n) is 31.1. The highest BCUT2D eigenvalue weighted by Gasteiger charge is 2.02. The average molecular weight is 635 g/mol. The number of hydrogen-bond acceptors (Lipinski definition) is 4. The van der Waals surface area contributed by atoms with E-state index in [0.717, 1.165) is 24.7 Å². The van der Waals surface area contributed by atoms with Gasteiger partial charge in [0.25, 0.3) is 0 Å². The molecule has 4 nitrogen and oxygen atoms in total. The Morgan fingerprint density at radius 1 is 0.489 bits per heavy atom. The van der Waals surface area contributed by atoms with Crippen molar-refractivity contribution in [1.82, 2.24) is 0 Å². The van der Waals surface area contributed by atoms with Gasteiger partial charge < -0.3 is 9.47 Å². The second kappa shape index (κ2) is 36.9. The van der Waals surface area contributed by atoms with Crippen molar-refractivity contribution in [2.45, 2.75) is 202 Å². The Balaban J connectivity index is 0. The largest absolute Gasteiger partial charge is 0.463 e. The molecular formula is C41H78O4. The molecule has 0 atom stereocenters. The minimum Gasteiger partial charge on any atom is -0.463 e. The molecule has 0 aliphatic rings. The van der Waals surface area contributed by atoms with Gasteiger partial charge in [-0.1, -0.05) is 195 Å². The van der Waals surface area contributed by atoms with E-state index >= 15 is 0 Å². The van der Waals surface area contributed by atoms with E-state index in [4.69, 9.17) is 9.47 Å². The maximum Gasteiger partial charge on any atom is 0.333 e. The standard InChI is InChI=1S/C21H40O2.C20H38O2/c1-19(2)17-15-13-11-9-7-5-6-8-10-12-14-16-18-23-21(22)20(3)4;1-4-20(21)22-18-16-14-12-10-8-6-5-7-9-11-13-15-17-19(2)3/h19H,3,5-18H2,1-2,4H3;4,19H,1,5-18H2,2-3H3. The molecule has 4 heteroatoms. The first-order valence-electron chi connectivity index (χ1n) is 19.3. The Morgan fingerprint density at radius 2 is 0.756 bits per heavy atom. The highest BCUT2D eigenvalue weighted by molar-refractivity contribution is 5.86. The van der Waals surface area contributed by atoms with Crippen molar-refractivity contribution in [2.24, 2.45) is 11.8 Å². The molecule has 0 fully saturated rings. The Bertz CT molecular complexity index is 666. The van der Waals surface area contributed by atoms with Crippen molar-refractivity contribution in [3.05, 3.63) is 24.8 Å². The lowest BCUT2D eigenvalue weighted by molar-refractivity contribution is -0.139. The third-order valence-electron chi connectivity index (χ3n) is 8.34. The average Bonchev–Trinajstić information content (AvgIpc) is 3.00. The summed E-state index contributed by atoms with van der Waals surface area (Å²) in [5.41, 5.74) is 0.491. The van der Waals surface area contributed by atoms with Crippen LogP contribution < -0.4 is 0 Å². The fraction of sp³-hybridized carbons (Fsp3) is 0.854. The number of ether oxygens (including phenoxy) is 2. The molecule has 0 N–H and O–H groups in total. The van der Waals surface area contributed by atoms with E-state index < -0.39 is 0 Å². The summed E-state index contributed by atoms with van der Waals surface area (Å²) in [6, 6.07) is 0. The lowest BCUT2D eigenvalue weighted by Gasteiger charge is -2.05. The van der Waals surface area contributed by atoms with Crippen molar-refractivity contribution >= 4 is 11.9 Å².